The Morgan fingerprint density at radius 3 is 2.89 bits per heavy atom. The van der Waals surface area contributed by atoms with Gasteiger partial charge >= 0.3 is 0 Å². The Kier molecular flexibility index (Phi) is 7.08. The van der Waals surface area contributed by atoms with Gasteiger partial charge in [0, 0.05) is 60.4 Å². The van der Waals surface area contributed by atoms with Gasteiger partial charge in [0.2, 0.25) is 0 Å². The van der Waals surface area contributed by atoms with Gasteiger partial charge in [-0.15, -0.1) is 0 Å². The van der Waals surface area contributed by atoms with Crippen LogP contribution < -0.4 is 5.32 Å². The van der Waals surface area contributed by atoms with Crippen molar-refractivity contribution < 1.29 is 0 Å². The van der Waals surface area contributed by atoms with Gasteiger partial charge in [-0.3, -0.25) is 14.9 Å². The normalized spacial score (nSPS) is 15.2. The van der Waals surface area contributed by atoms with E-state index in [2.05, 4.69) is 63.3 Å². The summed E-state index contributed by atoms with van der Waals surface area (Å²) in [4.78, 5) is 17.3. The minimum Gasteiger partial charge on any atom is -0.361 e. The van der Waals surface area contributed by atoms with Crippen molar-refractivity contribution >= 4 is 34.4 Å². The summed E-state index contributed by atoms with van der Waals surface area (Å²) in [6.07, 6.45) is 10.5. The lowest BCUT2D eigenvalue weighted by molar-refractivity contribution is 0.266. The molecule has 1 fully saturated rings. The third kappa shape index (κ3) is 5.30. The molecule has 3 aromatic heterocycles. The van der Waals surface area contributed by atoms with Crippen LogP contribution in [0.1, 0.15) is 34.5 Å². The highest BCUT2D eigenvalue weighted by atomic mass is 15.2. The van der Waals surface area contributed by atoms with E-state index < -0.39 is 0 Å². The van der Waals surface area contributed by atoms with Crippen LogP contribution in [0, 0.1) is 18.3 Å². The molecule has 0 saturated carbocycles. The first-order valence-corrected chi connectivity index (χ1v) is 12.4. The Labute approximate surface area is 212 Å². The molecule has 182 valence electrons. The number of nitrogens with zero attached hydrogens (tertiary/aromatic N) is 5. The molecule has 2 N–H and O–H groups in total. The van der Waals surface area contributed by atoms with E-state index in [0.717, 1.165) is 77.5 Å². The molecule has 5 rings (SSSR count). The number of hydrogen-bond donors (Lipinski definition) is 2. The van der Waals surface area contributed by atoms with Gasteiger partial charge in [0.15, 0.2) is 0 Å². The van der Waals surface area contributed by atoms with Gasteiger partial charge in [0.25, 0.3) is 0 Å². The van der Waals surface area contributed by atoms with Crippen LogP contribution in [0.15, 0.2) is 55.0 Å². The second-order valence-electron chi connectivity index (χ2n) is 9.39. The fourth-order valence-corrected chi connectivity index (χ4v) is 4.72. The van der Waals surface area contributed by atoms with E-state index in [4.69, 9.17) is 4.98 Å². The summed E-state index contributed by atoms with van der Waals surface area (Å²) in [6.45, 7) is 7.34. The second kappa shape index (κ2) is 10.7. The van der Waals surface area contributed by atoms with Crippen molar-refractivity contribution in [1.82, 2.24) is 24.8 Å². The van der Waals surface area contributed by atoms with Crippen LogP contribution in [0.3, 0.4) is 0 Å². The predicted octanol–water partition coefficient (Wildman–Crippen LogP) is 5.19. The average Bonchev–Trinajstić information content (AvgIpc) is 3.29. The zero-order valence-electron chi connectivity index (χ0n) is 20.8. The van der Waals surface area contributed by atoms with Crippen molar-refractivity contribution in [3.05, 3.63) is 83.1 Å². The van der Waals surface area contributed by atoms with Crippen LogP contribution in [0.4, 0.5) is 11.4 Å². The SMILES string of the molecule is Cc1c(Nc2c(C#N)cncc2/C=C/c2cccc(CN3CCCN(C)CC3)n2)ccc2[nH]ccc12. The number of fused-ring (bicyclic) bond motifs is 1. The molecule has 0 aliphatic carbocycles. The number of nitriles is 1. The first kappa shape index (κ1) is 23.7. The standard InChI is InChI=1S/C29H31N7/c1-21-26-11-12-32-28(26)10-9-27(21)34-29-22(18-31-19-23(29)17-30)7-8-24-5-3-6-25(33-24)20-36-14-4-13-35(2)15-16-36/h3,5-12,18-19,32H,4,13-16,20H2,1-2H3,(H,31,34)/b8-7+. The molecule has 0 radical (unpaired) electrons. The van der Waals surface area contributed by atoms with E-state index >= 15 is 0 Å². The van der Waals surface area contributed by atoms with Crippen molar-refractivity contribution in [3.8, 4) is 6.07 Å². The highest BCUT2D eigenvalue weighted by Gasteiger charge is 2.13. The maximum absolute atomic E-state index is 9.76. The third-order valence-electron chi connectivity index (χ3n) is 6.82. The van der Waals surface area contributed by atoms with E-state index in [1.54, 1.807) is 12.4 Å². The van der Waals surface area contributed by atoms with Crippen molar-refractivity contribution in [3.63, 3.8) is 0 Å². The molecule has 4 heterocycles. The Balaban J connectivity index is 1.38. The minimum atomic E-state index is 0.499. The third-order valence-corrected chi connectivity index (χ3v) is 6.82. The number of pyridine rings is 2. The van der Waals surface area contributed by atoms with Crippen LogP contribution in [-0.4, -0.2) is 58.0 Å². The molecule has 1 aliphatic heterocycles. The smallest absolute Gasteiger partial charge is 0.103 e. The molecule has 0 spiro atoms. The van der Waals surface area contributed by atoms with Gasteiger partial charge in [-0.05, 0) is 81.5 Å². The Bertz CT molecular complexity index is 1430. The number of likely N-dealkylation sites (N-methyl/N-ethyl adjacent to an activating group) is 1. The highest BCUT2D eigenvalue weighted by Crippen LogP contribution is 2.31. The predicted molar refractivity (Wildman–Crippen MR) is 146 cm³/mol. The van der Waals surface area contributed by atoms with Gasteiger partial charge in [0.05, 0.1) is 22.6 Å². The van der Waals surface area contributed by atoms with E-state index in [-0.39, 0.29) is 0 Å². The lowest BCUT2D eigenvalue weighted by atomic mass is 10.1. The second-order valence-corrected chi connectivity index (χ2v) is 9.39. The molecule has 36 heavy (non-hydrogen) atoms. The van der Waals surface area contributed by atoms with Gasteiger partial charge in [-0.25, -0.2) is 0 Å². The van der Waals surface area contributed by atoms with E-state index in [0.29, 0.717) is 5.56 Å². The number of nitrogens with one attached hydrogen (secondary N) is 2. The van der Waals surface area contributed by atoms with Crippen LogP contribution in [0.2, 0.25) is 0 Å². The number of H-pyrrole nitrogens is 1. The molecule has 1 saturated heterocycles. The average molecular weight is 478 g/mol. The monoisotopic (exact) mass is 477 g/mol. The van der Waals surface area contributed by atoms with E-state index in [1.165, 1.54) is 6.42 Å². The van der Waals surface area contributed by atoms with Crippen molar-refractivity contribution in [2.24, 2.45) is 0 Å². The lowest BCUT2D eigenvalue weighted by Crippen LogP contribution is -2.28. The van der Waals surface area contributed by atoms with Crippen molar-refractivity contribution in [1.29, 1.82) is 5.26 Å². The maximum Gasteiger partial charge on any atom is 0.103 e. The zero-order valence-corrected chi connectivity index (χ0v) is 20.8. The number of aryl methyl sites for hydroxylation is 1. The molecule has 7 heteroatoms. The summed E-state index contributed by atoms with van der Waals surface area (Å²) in [6, 6.07) is 14.6. The molecule has 0 amide bonds. The van der Waals surface area contributed by atoms with Gasteiger partial charge in [-0.2, -0.15) is 5.26 Å². The van der Waals surface area contributed by atoms with Crippen LogP contribution in [-0.2, 0) is 6.54 Å². The highest BCUT2D eigenvalue weighted by molar-refractivity contribution is 5.90. The number of aromatic amines is 1. The first-order valence-electron chi connectivity index (χ1n) is 12.4. The molecule has 0 unspecified atom stereocenters. The summed E-state index contributed by atoms with van der Waals surface area (Å²) in [5.74, 6) is 0. The molecule has 0 bridgehead atoms. The molecule has 4 aromatic rings. The van der Waals surface area contributed by atoms with Crippen LogP contribution in [0.25, 0.3) is 23.1 Å². The first-order chi connectivity index (χ1) is 17.6. The molecule has 7 nitrogen and oxygen atoms in total. The zero-order chi connectivity index (χ0) is 24.9. The number of benzene rings is 1. The maximum atomic E-state index is 9.76. The van der Waals surface area contributed by atoms with E-state index in [9.17, 15) is 5.26 Å². The molecule has 1 aromatic carbocycles. The molecule has 1 aliphatic rings. The lowest BCUT2D eigenvalue weighted by Gasteiger charge is -2.19. The number of rotatable bonds is 6. The largest absolute Gasteiger partial charge is 0.361 e. The Morgan fingerprint density at radius 1 is 1.08 bits per heavy atom. The summed E-state index contributed by atoms with van der Waals surface area (Å²) in [7, 11) is 2.19. The molecular formula is C29H31N7. The Hall–Kier alpha value is -3.99. The minimum absolute atomic E-state index is 0.499. The molecule has 0 atom stereocenters. The Morgan fingerprint density at radius 2 is 2.00 bits per heavy atom. The number of anilines is 2. The topological polar surface area (TPSA) is 83.9 Å². The summed E-state index contributed by atoms with van der Waals surface area (Å²) in [5, 5.41) is 14.4. The van der Waals surface area contributed by atoms with Gasteiger partial charge in [0.1, 0.15) is 6.07 Å². The summed E-state index contributed by atoms with van der Waals surface area (Å²) >= 11 is 0. The summed E-state index contributed by atoms with van der Waals surface area (Å²) in [5.41, 5.74) is 7.21. The van der Waals surface area contributed by atoms with Crippen LogP contribution in [0.5, 0.6) is 0 Å². The quantitative estimate of drug-likeness (QED) is 0.398. The van der Waals surface area contributed by atoms with Gasteiger partial charge < -0.3 is 15.2 Å². The van der Waals surface area contributed by atoms with Gasteiger partial charge in [-0.1, -0.05) is 6.07 Å². The molecular weight excluding hydrogens is 446 g/mol. The fourth-order valence-electron chi connectivity index (χ4n) is 4.72. The van der Waals surface area contributed by atoms with Crippen molar-refractivity contribution in [2.45, 2.75) is 19.9 Å². The summed E-state index contributed by atoms with van der Waals surface area (Å²) < 4.78 is 0. The van der Waals surface area contributed by atoms with Crippen molar-refractivity contribution in [2.75, 3.05) is 38.5 Å². The number of aromatic nitrogens is 3. The van der Waals surface area contributed by atoms with Crippen LogP contribution >= 0.6 is 0 Å². The van der Waals surface area contributed by atoms with E-state index in [1.807, 2.05) is 36.5 Å². The number of hydrogen-bond acceptors (Lipinski definition) is 6. The fraction of sp³-hybridized carbons (Fsp3) is 0.276.